The third kappa shape index (κ3) is 2.67. The van der Waals surface area contributed by atoms with E-state index < -0.39 is 24.0 Å². The Balaban J connectivity index is 2.87. The summed E-state index contributed by atoms with van der Waals surface area (Å²) in [5.74, 6) is -7.53. The molecule has 0 bridgehead atoms. The molecule has 1 fully saturated rings. The zero-order chi connectivity index (χ0) is 13.3. The van der Waals surface area contributed by atoms with Crippen molar-refractivity contribution in [2.75, 3.05) is 19.8 Å². The lowest BCUT2D eigenvalue weighted by molar-refractivity contribution is -0.276. The highest BCUT2D eigenvalue weighted by Crippen LogP contribution is 2.37. The summed E-state index contributed by atoms with van der Waals surface area (Å²) in [7, 11) is 0. The SMILES string of the molecule is CCC1COCCN1C(=O)C(F)(F)C(F)(F)F. The third-order valence-corrected chi connectivity index (χ3v) is 2.58. The summed E-state index contributed by atoms with van der Waals surface area (Å²) in [5.41, 5.74) is 0. The van der Waals surface area contributed by atoms with Crippen LogP contribution in [0.5, 0.6) is 0 Å². The predicted molar refractivity (Wildman–Crippen MR) is 47.6 cm³/mol. The van der Waals surface area contributed by atoms with Gasteiger partial charge in [-0.15, -0.1) is 0 Å². The summed E-state index contributed by atoms with van der Waals surface area (Å²) in [6, 6.07) is -0.732. The van der Waals surface area contributed by atoms with Gasteiger partial charge in [0.05, 0.1) is 19.3 Å². The average Bonchev–Trinajstić information content (AvgIpc) is 2.26. The number of nitrogens with zero attached hydrogens (tertiary/aromatic N) is 1. The van der Waals surface area contributed by atoms with E-state index in [0.29, 0.717) is 4.90 Å². The van der Waals surface area contributed by atoms with Gasteiger partial charge in [0.25, 0.3) is 0 Å². The van der Waals surface area contributed by atoms with Crippen molar-refractivity contribution in [2.45, 2.75) is 31.5 Å². The Morgan fingerprint density at radius 1 is 1.35 bits per heavy atom. The molecule has 1 unspecified atom stereocenters. The largest absolute Gasteiger partial charge is 0.463 e. The average molecular weight is 261 g/mol. The van der Waals surface area contributed by atoms with E-state index >= 15 is 0 Å². The number of ether oxygens (including phenoxy) is 1. The molecule has 1 amide bonds. The van der Waals surface area contributed by atoms with Gasteiger partial charge >= 0.3 is 18.0 Å². The van der Waals surface area contributed by atoms with Gasteiger partial charge < -0.3 is 9.64 Å². The first-order chi connectivity index (χ1) is 7.71. The van der Waals surface area contributed by atoms with Crippen LogP contribution in [0.25, 0.3) is 0 Å². The van der Waals surface area contributed by atoms with Crippen LogP contribution in [0.15, 0.2) is 0 Å². The molecule has 1 heterocycles. The van der Waals surface area contributed by atoms with E-state index in [0.717, 1.165) is 0 Å². The van der Waals surface area contributed by atoms with Crippen molar-refractivity contribution in [2.24, 2.45) is 0 Å². The molecule has 0 aromatic carbocycles. The second-order valence-electron chi connectivity index (χ2n) is 3.71. The first-order valence-electron chi connectivity index (χ1n) is 5.05. The van der Waals surface area contributed by atoms with Crippen molar-refractivity contribution < 1.29 is 31.5 Å². The minimum Gasteiger partial charge on any atom is -0.377 e. The Bertz CT molecular complexity index is 292. The van der Waals surface area contributed by atoms with E-state index in [9.17, 15) is 26.7 Å². The molecule has 0 aliphatic carbocycles. The molecule has 0 spiro atoms. The van der Waals surface area contributed by atoms with Crippen LogP contribution in [0.2, 0.25) is 0 Å². The first-order valence-corrected chi connectivity index (χ1v) is 5.05. The Kier molecular flexibility index (Phi) is 3.95. The van der Waals surface area contributed by atoms with E-state index in [4.69, 9.17) is 4.74 Å². The summed E-state index contributed by atoms with van der Waals surface area (Å²) in [6.07, 6.45) is -5.60. The molecule has 0 N–H and O–H groups in total. The summed E-state index contributed by atoms with van der Waals surface area (Å²) in [5, 5.41) is 0. The van der Waals surface area contributed by atoms with Crippen LogP contribution in [0, 0.1) is 0 Å². The molecule has 1 saturated heterocycles. The molecule has 3 nitrogen and oxygen atoms in total. The summed E-state index contributed by atoms with van der Waals surface area (Å²) < 4.78 is 66.8. The maximum absolute atomic E-state index is 12.9. The molecule has 1 aliphatic heterocycles. The highest BCUT2D eigenvalue weighted by Gasteiger charge is 2.65. The fourth-order valence-corrected chi connectivity index (χ4v) is 1.56. The summed E-state index contributed by atoms with van der Waals surface area (Å²) in [4.78, 5) is 11.8. The summed E-state index contributed by atoms with van der Waals surface area (Å²) >= 11 is 0. The third-order valence-electron chi connectivity index (χ3n) is 2.58. The highest BCUT2D eigenvalue weighted by atomic mass is 19.4. The van der Waals surface area contributed by atoms with Crippen LogP contribution >= 0.6 is 0 Å². The summed E-state index contributed by atoms with van der Waals surface area (Å²) in [6.45, 7) is 1.29. The molecule has 0 radical (unpaired) electrons. The van der Waals surface area contributed by atoms with Gasteiger partial charge in [-0.25, -0.2) is 0 Å². The zero-order valence-corrected chi connectivity index (χ0v) is 9.06. The molecule has 8 heteroatoms. The van der Waals surface area contributed by atoms with Gasteiger partial charge in [0, 0.05) is 6.54 Å². The van der Waals surface area contributed by atoms with Crippen molar-refractivity contribution in [3.63, 3.8) is 0 Å². The molecule has 100 valence electrons. The number of halogens is 5. The number of hydrogen-bond acceptors (Lipinski definition) is 2. The normalized spacial score (nSPS) is 22.7. The van der Waals surface area contributed by atoms with E-state index in [2.05, 4.69) is 0 Å². The van der Waals surface area contributed by atoms with Crippen molar-refractivity contribution in [3.05, 3.63) is 0 Å². The van der Waals surface area contributed by atoms with Gasteiger partial charge in [-0.3, -0.25) is 4.79 Å². The van der Waals surface area contributed by atoms with Crippen LogP contribution in [0.1, 0.15) is 13.3 Å². The minimum atomic E-state index is -5.86. The van der Waals surface area contributed by atoms with Crippen LogP contribution in [-0.4, -0.2) is 48.7 Å². The van der Waals surface area contributed by atoms with Crippen LogP contribution in [0.4, 0.5) is 22.0 Å². The maximum Gasteiger partial charge on any atom is 0.463 e. The zero-order valence-electron chi connectivity index (χ0n) is 9.06. The molecule has 1 atom stereocenters. The number of hydrogen-bond donors (Lipinski definition) is 0. The Hall–Kier alpha value is -0.920. The van der Waals surface area contributed by atoms with Gasteiger partial charge in [-0.05, 0) is 6.42 Å². The lowest BCUT2D eigenvalue weighted by Crippen LogP contribution is -2.58. The maximum atomic E-state index is 12.9. The number of morpholine rings is 1. The van der Waals surface area contributed by atoms with Gasteiger partial charge in [-0.2, -0.15) is 22.0 Å². The molecule has 0 aromatic heterocycles. The van der Waals surface area contributed by atoms with E-state index in [-0.39, 0.29) is 26.2 Å². The fourth-order valence-electron chi connectivity index (χ4n) is 1.56. The number of carbonyl (C=O) groups is 1. The van der Waals surface area contributed by atoms with Crippen LogP contribution in [-0.2, 0) is 9.53 Å². The second-order valence-corrected chi connectivity index (χ2v) is 3.71. The Morgan fingerprint density at radius 3 is 2.41 bits per heavy atom. The van der Waals surface area contributed by atoms with Crippen molar-refractivity contribution in [3.8, 4) is 0 Å². The van der Waals surface area contributed by atoms with Gasteiger partial charge in [0.15, 0.2) is 0 Å². The second kappa shape index (κ2) is 4.75. The van der Waals surface area contributed by atoms with Gasteiger partial charge in [-0.1, -0.05) is 6.92 Å². The highest BCUT2D eigenvalue weighted by molar-refractivity contribution is 5.84. The minimum absolute atomic E-state index is 0.0177. The van der Waals surface area contributed by atoms with Gasteiger partial charge in [0.1, 0.15) is 0 Å². The van der Waals surface area contributed by atoms with Crippen molar-refractivity contribution in [1.29, 1.82) is 0 Å². The van der Waals surface area contributed by atoms with Gasteiger partial charge in [0.2, 0.25) is 0 Å². The van der Waals surface area contributed by atoms with E-state index in [1.54, 1.807) is 6.92 Å². The van der Waals surface area contributed by atoms with Crippen LogP contribution < -0.4 is 0 Å². The first kappa shape index (κ1) is 14.1. The molecule has 17 heavy (non-hydrogen) atoms. The lowest BCUT2D eigenvalue weighted by atomic mass is 10.1. The lowest BCUT2D eigenvalue weighted by Gasteiger charge is -2.37. The molecular weight excluding hydrogens is 249 g/mol. The number of rotatable bonds is 2. The molecular formula is C9H12F5NO2. The Morgan fingerprint density at radius 2 is 1.94 bits per heavy atom. The topological polar surface area (TPSA) is 29.5 Å². The number of carbonyl (C=O) groups excluding carboxylic acids is 1. The molecule has 1 aliphatic rings. The fraction of sp³-hybridized carbons (Fsp3) is 0.889. The smallest absolute Gasteiger partial charge is 0.377 e. The predicted octanol–water partition coefficient (Wildman–Crippen LogP) is 1.82. The molecule has 0 saturated carbocycles. The number of amides is 1. The van der Waals surface area contributed by atoms with Crippen molar-refractivity contribution in [1.82, 2.24) is 4.90 Å². The standard InChI is InChI=1S/C9H12F5NO2/c1-2-6-5-17-4-3-15(6)7(16)8(10,11)9(12,13)14/h6H,2-5H2,1H3. The van der Waals surface area contributed by atoms with E-state index in [1.807, 2.05) is 0 Å². The van der Waals surface area contributed by atoms with Crippen LogP contribution in [0.3, 0.4) is 0 Å². The monoisotopic (exact) mass is 261 g/mol. The number of alkyl halides is 5. The molecule has 1 rings (SSSR count). The Labute approximate surface area is 94.5 Å². The van der Waals surface area contributed by atoms with Crippen molar-refractivity contribution >= 4 is 5.91 Å². The van der Waals surface area contributed by atoms with E-state index in [1.165, 1.54) is 0 Å². The molecule has 0 aromatic rings. The quantitative estimate of drug-likeness (QED) is 0.710.